The van der Waals surface area contributed by atoms with Gasteiger partial charge in [-0.1, -0.05) is 12.1 Å². The van der Waals surface area contributed by atoms with E-state index < -0.39 is 17.8 Å². The molecule has 0 saturated carbocycles. The van der Waals surface area contributed by atoms with Crippen molar-refractivity contribution in [1.82, 2.24) is 10.4 Å². The van der Waals surface area contributed by atoms with Crippen molar-refractivity contribution in [3.63, 3.8) is 0 Å². The van der Waals surface area contributed by atoms with Crippen LogP contribution in [0, 0.1) is 0 Å². The first-order chi connectivity index (χ1) is 9.15. The molecule has 2 amide bonds. The fraction of sp³-hybridized carbons (Fsp3) is 0.250. The Morgan fingerprint density at radius 1 is 1.21 bits per heavy atom. The van der Waals surface area contributed by atoms with E-state index in [-0.39, 0.29) is 19.7 Å². The van der Waals surface area contributed by atoms with Gasteiger partial charge in [-0.3, -0.25) is 14.4 Å². The van der Waals surface area contributed by atoms with Gasteiger partial charge in [-0.15, -0.1) is 0 Å². The predicted molar refractivity (Wildman–Crippen MR) is 65.0 cm³/mol. The molecule has 0 aliphatic carbocycles. The van der Waals surface area contributed by atoms with Gasteiger partial charge in [-0.05, 0) is 12.1 Å². The number of hydrogen-bond acceptors (Lipinski definition) is 6. The van der Waals surface area contributed by atoms with Gasteiger partial charge in [-0.25, -0.2) is 10.4 Å². The van der Waals surface area contributed by atoms with Gasteiger partial charge in [0.25, 0.3) is 11.8 Å². The highest BCUT2D eigenvalue weighted by Crippen LogP contribution is 2.20. The van der Waals surface area contributed by atoms with Crippen LogP contribution in [0.4, 0.5) is 0 Å². The van der Waals surface area contributed by atoms with Crippen molar-refractivity contribution in [3.05, 3.63) is 35.4 Å². The van der Waals surface area contributed by atoms with Crippen LogP contribution in [-0.2, 0) is 9.53 Å². The lowest BCUT2D eigenvalue weighted by Gasteiger charge is -2.14. The van der Waals surface area contributed by atoms with Crippen LogP contribution in [0.2, 0.25) is 0 Å². The Kier molecular flexibility index (Phi) is 3.88. The number of hydrazine groups is 1. The molecular formula is C12H13N3O4. The largest absolute Gasteiger partial charge is 0.463 e. The van der Waals surface area contributed by atoms with Crippen molar-refractivity contribution in [2.75, 3.05) is 19.7 Å². The molecule has 7 nitrogen and oxygen atoms in total. The van der Waals surface area contributed by atoms with Crippen molar-refractivity contribution < 1.29 is 19.1 Å². The number of carbonyl (C=O) groups excluding carboxylic acids is 3. The van der Waals surface area contributed by atoms with E-state index in [9.17, 15) is 14.4 Å². The molecule has 100 valence electrons. The number of nitrogens with one attached hydrogen (secondary N) is 1. The minimum absolute atomic E-state index is 0.0312. The summed E-state index contributed by atoms with van der Waals surface area (Å²) in [4.78, 5) is 34.6. The predicted octanol–water partition coefficient (Wildman–Crippen LogP) is -0.711. The third kappa shape index (κ3) is 2.61. The van der Waals surface area contributed by atoms with Gasteiger partial charge in [0.15, 0.2) is 0 Å². The number of esters is 1. The Labute approximate surface area is 109 Å². The quantitative estimate of drug-likeness (QED) is 0.413. The molecule has 0 bridgehead atoms. The number of ether oxygens (including phenoxy) is 1. The lowest BCUT2D eigenvalue weighted by atomic mass is 10.1. The van der Waals surface area contributed by atoms with Crippen molar-refractivity contribution in [2.24, 2.45) is 5.73 Å². The van der Waals surface area contributed by atoms with E-state index in [0.29, 0.717) is 11.1 Å². The second kappa shape index (κ2) is 5.59. The van der Waals surface area contributed by atoms with Gasteiger partial charge in [-0.2, -0.15) is 0 Å². The van der Waals surface area contributed by atoms with Crippen molar-refractivity contribution in [3.8, 4) is 0 Å². The third-order valence-electron chi connectivity index (χ3n) is 2.60. The summed E-state index contributed by atoms with van der Waals surface area (Å²) < 4.78 is 4.72. The normalized spacial score (nSPS) is 13.6. The van der Waals surface area contributed by atoms with E-state index >= 15 is 0 Å². The Hall–Kier alpha value is -2.25. The molecule has 0 saturated heterocycles. The Bertz CT molecular complexity index is 494. The summed E-state index contributed by atoms with van der Waals surface area (Å²) >= 11 is 0. The van der Waals surface area contributed by atoms with Gasteiger partial charge >= 0.3 is 5.97 Å². The summed E-state index contributed by atoms with van der Waals surface area (Å²) in [5, 5.41) is 0.918. The SMILES string of the molecule is NCC(=O)OCCNN1C(=O)c2ccccc2C1=O. The molecule has 0 unspecified atom stereocenters. The fourth-order valence-electron chi connectivity index (χ4n) is 1.71. The molecule has 0 radical (unpaired) electrons. The van der Waals surface area contributed by atoms with Crippen LogP contribution in [0.3, 0.4) is 0 Å². The van der Waals surface area contributed by atoms with Crippen LogP contribution < -0.4 is 11.2 Å². The second-order valence-corrected chi connectivity index (χ2v) is 3.82. The molecule has 1 aliphatic heterocycles. The van der Waals surface area contributed by atoms with Crippen molar-refractivity contribution >= 4 is 17.8 Å². The molecule has 0 fully saturated rings. The number of nitrogens with two attached hydrogens (primary N) is 1. The third-order valence-corrected chi connectivity index (χ3v) is 2.60. The van der Waals surface area contributed by atoms with Gasteiger partial charge in [0.2, 0.25) is 0 Å². The molecule has 0 aromatic heterocycles. The summed E-state index contributed by atoms with van der Waals surface area (Å²) in [6.45, 7) is -0.0202. The maximum Gasteiger partial charge on any atom is 0.319 e. The van der Waals surface area contributed by atoms with E-state index in [1.54, 1.807) is 24.3 Å². The maximum atomic E-state index is 11.9. The number of amides is 2. The molecule has 0 atom stereocenters. The summed E-state index contributed by atoms with van der Waals surface area (Å²) in [5.74, 6) is -1.36. The van der Waals surface area contributed by atoms with Crippen molar-refractivity contribution in [2.45, 2.75) is 0 Å². The zero-order valence-electron chi connectivity index (χ0n) is 10.1. The Morgan fingerprint density at radius 2 is 1.79 bits per heavy atom. The monoisotopic (exact) mass is 263 g/mol. The van der Waals surface area contributed by atoms with E-state index in [4.69, 9.17) is 10.5 Å². The van der Waals surface area contributed by atoms with Gasteiger partial charge < -0.3 is 10.5 Å². The second-order valence-electron chi connectivity index (χ2n) is 3.82. The molecule has 7 heteroatoms. The standard InChI is InChI=1S/C12H13N3O4/c13-7-10(16)19-6-5-14-15-11(17)8-3-1-2-4-9(8)12(15)18/h1-4,14H,5-7,13H2. The minimum atomic E-state index is -0.538. The highest BCUT2D eigenvalue weighted by molar-refractivity contribution is 6.20. The Balaban J connectivity index is 1.92. The lowest BCUT2D eigenvalue weighted by Crippen LogP contribution is -2.44. The van der Waals surface area contributed by atoms with Crippen LogP contribution in [0.25, 0.3) is 0 Å². The molecule has 0 spiro atoms. The molecule has 19 heavy (non-hydrogen) atoms. The van der Waals surface area contributed by atoms with E-state index in [2.05, 4.69) is 5.43 Å². The molecule has 2 rings (SSSR count). The van der Waals surface area contributed by atoms with Crippen LogP contribution >= 0.6 is 0 Å². The highest BCUT2D eigenvalue weighted by Gasteiger charge is 2.34. The molecule has 1 aromatic carbocycles. The Morgan fingerprint density at radius 3 is 2.32 bits per heavy atom. The molecule has 1 heterocycles. The number of fused-ring (bicyclic) bond motifs is 1. The van der Waals surface area contributed by atoms with Gasteiger partial charge in [0, 0.05) is 0 Å². The van der Waals surface area contributed by atoms with E-state index in [1.165, 1.54) is 0 Å². The number of carbonyl (C=O) groups is 3. The lowest BCUT2D eigenvalue weighted by molar-refractivity contribution is -0.141. The molecular weight excluding hydrogens is 250 g/mol. The van der Waals surface area contributed by atoms with Crippen LogP contribution in [0.5, 0.6) is 0 Å². The van der Waals surface area contributed by atoms with E-state index in [1.807, 2.05) is 0 Å². The average molecular weight is 263 g/mol. The maximum absolute atomic E-state index is 11.9. The summed E-state index contributed by atoms with van der Waals surface area (Å²) in [7, 11) is 0. The smallest absolute Gasteiger partial charge is 0.319 e. The number of hydrogen-bond donors (Lipinski definition) is 2. The van der Waals surface area contributed by atoms with Crippen molar-refractivity contribution in [1.29, 1.82) is 0 Å². The van der Waals surface area contributed by atoms with Gasteiger partial charge in [0.05, 0.1) is 24.2 Å². The summed E-state index contributed by atoms with van der Waals surface area (Å²) in [6.07, 6.45) is 0. The highest BCUT2D eigenvalue weighted by atomic mass is 16.5. The first kappa shape index (κ1) is 13.2. The summed E-state index contributed by atoms with van der Waals surface area (Å²) in [5.41, 5.74) is 8.41. The van der Waals surface area contributed by atoms with Crippen LogP contribution in [0.15, 0.2) is 24.3 Å². The number of imide groups is 1. The van der Waals surface area contributed by atoms with E-state index in [0.717, 1.165) is 5.01 Å². The zero-order valence-corrected chi connectivity index (χ0v) is 10.1. The van der Waals surface area contributed by atoms with Crippen LogP contribution in [-0.4, -0.2) is 42.5 Å². The topological polar surface area (TPSA) is 102 Å². The molecule has 3 N–H and O–H groups in total. The first-order valence-corrected chi connectivity index (χ1v) is 5.72. The molecule has 1 aromatic rings. The minimum Gasteiger partial charge on any atom is -0.463 e. The fourth-order valence-corrected chi connectivity index (χ4v) is 1.71. The number of rotatable bonds is 5. The zero-order chi connectivity index (χ0) is 13.8. The first-order valence-electron chi connectivity index (χ1n) is 5.72. The average Bonchev–Trinajstić information content (AvgIpc) is 2.68. The van der Waals surface area contributed by atoms with Crippen LogP contribution in [0.1, 0.15) is 20.7 Å². The number of nitrogens with zero attached hydrogens (tertiary/aromatic N) is 1. The summed E-state index contributed by atoms with van der Waals surface area (Å²) in [6, 6.07) is 6.56. The number of benzene rings is 1. The van der Waals surface area contributed by atoms with Gasteiger partial charge in [0.1, 0.15) is 6.61 Å². The molecule has 1 aliphatic rings.